The predicted molar refractivity (Wildman–Crippen MR) is 104 cm³/mol. The molecule has 0 saturated carbocycles. The van der Waals surface area contributed by atoms with Gasteiger partial charge in [-0.3, -0.25) is 9.88 Å². The number of pyridine rings is 1. The van der Waals surface area contributed by atoms with E-state index in [9.17, 15) is 4.79 Å². The van der Waals surface area contributed by atoms with Crippen LogP contribution in [0.5, 0.6) is 0 Å². The van der Waals surface area contributed by atoms with Gasteiger partial charge in [-0.15, -0.1) is 0 Å². The van der Waals surface area contributed by atoms with E-state index in [1.165, 1.54) is 0 Å². The number of ether oxygens (including phenoxy) is 1. The van der Waals surface area contributed by atoms with Gasteiger partial charge in [0.2, 0.25) is 0 Å². The van der Waals surface area contributed by atoms with E-state index in [4.69, 9.17) is 0 Å². The number of benzene rings is 1. The van der Waals surface area contributed by atoms with Crippen LogP contribution in [0, 0.1) is 0 Å². The zero-order valence-corrected chi connectivity index (χ0v) is 15.8. The summed E-state index contributed by atoms with van der Waals surface area (Å²) in [4.78, 5) is 18.7. The van der Waals surface area contributed by atoms with Crippen molar-refractivity contribution >= 4 is 17.4 Å². The first kappa shape index (κ1) is 19.6. The molecule has 1 aromatic carbocycles. The molecule has 0 spiro atoms. The third-order valence-electron chi connectivity index (χ3n) is 3.74. The lowest BCUT2D eigenvalue weighted by Gasteiger charge is -2.18. The molecule has 6 heteroatoms. The highest BCUT2D eigenvalue weighted by atomic mass is 16.4. The van der Waals surface area contributed by atoms with E-state index in [1.54, 1.807) is 30.3 Å². The Labute approximate surface area is 155 Å². The summed E-state index contributed by atoms with van der Waals surface area (Å²) in [7, 11) is 3.25. The van der Waals surface area contributed by atoms with Crippen LogP contribution < -0.4 is 4.90 Å². The molecular weight excluding hydrogens is 328 g/mol. The minimum absolute atomic E-state index is 0.00167. The maximum absolute atomic E-state index is 12.8. The van der Waals surface area contributed by atoms with E-state index >= 15 is 0 Å². The number of methoxy groups -OCH3 is 1. The monoisotopic (exact) mass is 354 g/mol. The van der Waals surface area contributed by atoms with Crippen molar-refractivity contribution in [1.29, 1.82) is 0 Å². The number of hydrogen-bond donors (Lipinski definition) is 0. The van der Waals surface area contributed by atoms with Crippen molar-refractivity contribution in [3.05, 3.63) is 60.4 Å². The molecule has 0 radical (unpaired) electrons. The van der Waals surface area contributed by atoms with Crippen molar-refractivity contribution in [2.75, 3.05) is 25.7 Å². The fourth-order valence-electron chi connectivity index (χ4n) is 2.75. The van der Waals surface area contributed by atoms with E-state index in [0.29, 0.717) is 6.54 Å². The van der Waals surface area contributed by atoms with Gasteiger partial charge in [-0.05, 0) is 44.0 Å². The maximum atomic E-state index is 12.8. The van der Waals surface area contributed by atoms with Gasteiger partial charge in [0.05, 0.1) is 12.6 Å². The van der Waals surface area contributed by atoms with Crippen LogP contribution in [-0.4, -0.2) is 48.5 Å². The van der Waals surface area contributed by atoms with Gasteiger partial charge in [-0.1, -0.05) is 24.3 Å². The summed E-state index contributed by atoms with van der Waals surface area (Å²) in [6.45, 7) is 4.42. The Bertz CT molecular complexity index is 715. The molecule has 6 nitrogen and oxygen atoms in total. The van der Waals surface area contributed by atoms with Gasteiger partial charge < -0.3 is 4.74 Å². The number of para-hydroxylation sites is 1. The second-order valence-electron chi connectivity index (χ2n) is 6.25. The fourth-order valence-corrected chi connectivity index (χ4v) is 2.75. The van der Waals surface area contributed by atoms with E-state index in [1.807, 2.05) is 62.5 Å². The zero-order chi connectivity index (χ0) is 18.9. The Hall–Kier alpha value is -2.73. The van der Waals surface area contributed by atoms with Crippen LogP contribution in [-0.2, 0) is 11.2 Å². The van der Waals surface area contributed by atoms with Crippen LogP contribution in [0.1, 0.15) is 19.4 Å². The SMILES string of the molecule is CC(C)=NN1C(=O)N(c2ccccc2)CC1Cc1cccnc1.COC. The normalized spacial score (nSPS) is 16.2. The van der Waals surface area contributed by atoms with Crippen LogP contribution >= 0.6 is 0 Å². The number of anilines is 1. The summed E-state index contributed by atoms with van der Waals surface area (Å²) in [5.41, 5.74) is 2.87. The maximum Gasteiger partial charge on any atom is 0.345 e. The van der Waals surface area contributed by atoms with Crippen LogP contribution in [0.3, 0.4) is 0 Å². The number of urea groups is 1. The number of aromatic nitrogens is 1. The fraction of sp³-hybridized carbons (Fsp3) is 0.350. The van der Waals surface area contributed by atoms with Crippen LogP contribution in [0.2, 0.25) is 0 Å². The highest BCUT2D eigenvalue weighted by molar-refractivity contribution is 5.95. The number of nitrogens with zero attached hydrogens (tertiary/aromatic N) is 4. The largest absolute Gasteiger partial charge is 0.388 e. The number of hydrogen-bond acceptors (Lipinski definition) is 4. The molecule has 1 aliphatic heterocycles. The molecule has 0 aliphatic carbocycles. The molecule has 1 fully saturated rings. The molecule has 0 bridgehead atoms. The second kappa shape index (κ2) is 9.68. The van der Waals surface area contributed by atoms with Gasteiger partial charge in [0.15, 0.2) is 0 Å². The second-order valence-corrected chi connectivity index (χ2v) is 6.25. The van der Waals surface area contributed by atoms with Crippen molar-refractivity contribution in [1.82, 2.24) is 9.99 Å². The zero-order valence-electron chi connectivity index (χ0n) is 15.8. The molecule has 1 atom stereocenters. The number of carbonyl (C=O) groups excluding carboxylic acids is 1. The lowest BCUT2D eigenvalue weighted by atomic mass is 10.1. The molecule has 26 heavy (non-hydrogen) atoms. The number of carbonyl (C=O) groups is 1. The lowest BCUT2D eigenvalue weighted by Crippen LogP contribution is -2.32. The molecule has 1 saturated heterocycles. The molecule has 1 aromatic heterocycles. The molecule has 1 unspecified atom stereocenters. The van der Waals surface area contributed by atoms with Gasteiger partial charge in [-0.2, -0.15) is 5.10 Å². The average Bonchev–Trinajstić information content (AvgIpc) is 2.93. The Balaban J connectivity index is 0.000000758. The van der Waals surface area contributed by atoms with Gasteiger partial charge in [0, 0.05) is 38.0 Å². The van der Waals surface area contributed by atoms with Crippen molar-refractivity contribution in [2.45, 2.75) is 26.3 Å². The topological polar surface area (TPSA) is 58.0 Å². The van der Waals surface area contributed by atoms with Crippen LogP contribution in [0.15, 0.2) is 60.0 Å². The van der Waals surface area contributed by atoms with Crippen molar-refractivity contribution in [3.8, 4) is 0 Å². The summed E-state index contributed by atoms with van der Waals surface area (Å²) in [6.07, 6.45) is 4.34. The first-order chi connectivity index (χ1) is 12.6. The summed E-state index contributed by atoms with van der Waals surface area (Å²) in [5, 5.41) is 6.06. The molecule has 138 valence electrons. The molecule has 3 rings (SSSR count). The van der Waals surface area contributed by atoms with Crippen molar-refractivity contribution < 1.29 is 9.53 Å². The number of hydrazone groups is 1. The minimum Gasteiger partial charge on any atom is -0.388 e. The summed E-state index contributed by atoms with van der Waals surface area (Å²) >= 11 is 0. The van der Waals surface area contributed by atoms with Crippen molar-refractivity contribution in [2.24, 2.45) is 5.10 Å². The molecule has 0 N–H and O–H groups in total. The highest BCUT2D eigenvalue weighted by Crippen LogP contribution is 2.26. The molecular formula is C20H26N4O2. The number of amides is 2. The van der Waals surface area contributed by atoms with E-state index in [2.05, 4.69) is 14.8 Å². The Morgan fingerprint density at radius 3 is 2.46 bits per heavy atom. The summed E-state index contributed by atoms with van der Waals surface area (Å²) in [5.74, 6) is 0. The molecule has 2 aromatic rings. The Morgan fingerprint density at radius 1 is 1.19 bits per heavy atom. The third-order valence-corrected chi connectivity index (χ3v) is 3.74. The van der Waals surface area contributed by atoms with E-state index in [0.717, 1.165) is 23.4 Å². The van der Waals surface area contributed by atoms with Gasteiger partial charge in [-0.25, -0.2) is 9.80 Å². The average molecular weight is 354 g/mol. The highest BCUT2D eigenvalue weighted by Gasteiger charge is 2.38. The van der Waals surface area contributed by atoms with E-state index < -0.39 is 0 Å². The standard InChI is InChI=1S/C18H20N4O.C2H6O/c1-14(2)20-22-17(11-15-7-6-10-19-12-15)13-21(18(22)23)16-8-4-3-5-9-16;1-3-2/h3-10,12,17H,11,13H2,1-2H3;1-2H3. The van der Waals surface area contributed by atoms with Gasteiger partial charge >= 0.3 is 6.03 Å². The molecule has 2 amide bonds. The molecule has 2 heterocycles. The predicted octanol–water partition coefficient (Wildman–Crippen LogP) is 3.59. The van der Waals surface area contributed by atoms with E-state index in [-0.39, 0.29) is 12.1 Å². The first-order valence-corrected chi connectivity index (χ1v) is 8.53. The lowest BCUT2D eigenvalue weighted by molar-refractivity contribution is 0.208. The van der Waals surface area contributed by atoms with Crippen molar-refractivity contribution in [3.63, 3.8) is 0 Å². The number of rotatable bonds is 4. The van der Waals surface area contributed by atoms with Gasteiger partial charge in [0.25, 0.3) is 0 Å². The Morgan fingerprint density at radius 2 is 1.88 bits per heavy atom. The minimum atomic E-state index is -0.0775. The summed E-state index contributed by atoms with van der Waals surface area (Å²) < 4.78 is 4.25. The first-order valence-electron chi connectivity index (χ1n) is 8.53. The van der Waals surface area contributed by atoms with Crippen LogP contribution in [0.4, 0.5) is 10.5 Å². The Kier molecular flexibility index (Phi) is 7.29. The summed E-state index contributed by atoms with van der Waals surface area (Å²) in [6, 6.07) is 13.6. The van der Waals surface area contributed by atoms with Crippen LogP contribution in [0.25, 0.3) is 0 Å². The van der Waals surface area contributed by atoms with Gasteiger partial charge in [0.1, 0.15) is 0 Å². The third kappa shape index (κ3) is 5.13. The smallest absolute Gasteiger partial charge is 0.345 e. The molecule has 1 aliphatic rings. The quantitative estimate of drug-likeness (QED) is 0.789.